The molecule has 8 nitrogen and oxygen atoms in total. The van der Waals surface area contributed by atoms with Crippen molar-refractivity contribution in [2.24, 2.45) is 0 Å². The summed E-state index contributed by atoms with van der Waals surface area (Å²) in [5, 5.41) is 13.6. The van der Waals surface area contributed by atoms with Gasteiger partial charge in [0, 0.05) is 6.42 Å². The number of hydrogen-bond acceptors (Lipinski definition) is 5. The van der Waals surface area contributed by atoms with Crippen molar-refractivity contribution in [3.8, 4) is 0 Å². The van der Waals surface area contributed by atoms with Gasteiger partial charge < -0.3 is 19.8 Å². The number of phosphoric acid groups is 1. The Kier molecular flexibility index (Phi) is 31.5. The maximum absolute atomic E-state index is 12.8. The minimum Gasteiger partial charge on any atom is -0.387 e. The first-order valence-corrected chi connectivity index (χ1v) is 20.8. The molecule has 0 aliphatic carbocycles. The number of carbonyl (C=O) groups excluding carboxylic acids is 1. The van der Waals surface area contributed by atoms with Crippen LogP contribution in [0.3, 0.4) is 0 Å². The van der Waals surface area contributed by atoms with E-state index in [1.807, 2.05) is 27.2 Å². The molecule has 0 saturated heterocycles. The van der Waals surface area contributed by atoms with E-state index < -0.39 is 20.0 Å². The summed E-state index contributed by atoms with van der Waals surface area (Å²) in [7, 11) is 1.53. The van der Waals surface area contributed by atoms with Gasteiger partial charge in [0.2, 0.25) is 5.91 Å². The van der Waals surface area contributed by atoms with Crippen molar-refractivity contribution in [3.63, 3.8) is 0 Å². The summed E-state index contributed by atoms with van der Waals surface area (Å²) >= 11 is 0. The van der Waals surface area contributed by atoms with Gasteiger partial charge in [-0.1, -0.05) is 132 Å². The number of carbonyl (C=O) groups is 1. The van der Waals surface area contributed by atoms with Gasteiger partial charge >= 0.3 is 7.82 Å². The van der Waals surface area contributed by atoms with Crippen LogP contribution in [0.1, 0.15) is 129 Å². The lowest BCUT2D eigenvalue weighted by Crippen LogP contribution is -2.45. The van der Waals surface area contributed by atoms with Gasteiger partial charge in [-0.25, -0.2) is 4.57 Å². The molecule has 0 aromatic heterocycles. The van der Waals surface area contributed by atoms with Crippen LogP contribution in [0.2, 0.25) is 0 Å². The lowest BCUT2D eigenvalue weighted by atomic mass is 10.1. The van der Waals surface area contributed by atoms with E-state index in [4.69, 9.17) is 9.05 Å². The van der Waals surface area contributed by atoms with E-state index in [-0.39, 0.29) is 19.1 Å². The van der Waals surface area contributed by atoms with E-state index in [1.54, 1.807) is 6.08 Å². The van der Waals surface area contributed by atoms with Crippen molar-refractivity contribution in [2.45, 2.75) is 142 Å². The molecule has 0 heterocycles. The summed E-state index contributed by atoms with van der Waals surface area (Å²) in [6.45, 7) is 4.52. The maximum atomic E-state index is 12.8. The summed E-state index contributed by atoms with van der Waals surface area (Å²) in [6.07, 6.45) is 42.8. The first kappa shape index (κ1) is 47.9. The Labute approximate surface area is 306 Å². The van der Waals surface area contributed by atoms with Gasteiger partial charge in [0.05, 0.1) is 39.9 Å². The Morgan fingerprint density at radius 2 is 1.22 bits per heavy atom. The van der Waals surface area contributed by atoms with Crippen molar-refractivity contribution in [1.82, 2.24) is 5.32 Å². The minimum absolute atomic E-state index is 0.0499. The molecule has 0 saturated carbocycles. The van der Waals surface area contributed by atoms with Crippen LogP contribution in [0.5, 0.6) is 0 Å². The third-order valence-corrected chi connectivity index (χ3v) is 8.88. The van der Waals surface area contributed by atoms with Crippen LogP contribution < -0.4 is 5.32 Å². The van der Waals surface area contributed by atoms with Gasteiger partial charge in [0.25, 0.3) is 0 Å². The predicted octanol–water partition coefficient (Wildman–Crippen LogP) is 10.1. The average molecular weight is 722 g/mol. The number of aliphatic hydroxyl groups excluding tert-OH is 1. The highest BCUT2D eigenvalue weighted by molar-refractivity contribution is 7.47. The maximum Gasteiger partial charge on any atom is 0.472 e. The van der Waals surface area contributed by atoms with Gasteiger partial charge in [-0.05, 0) is 64.2 Å². The molecule has 3 N–H and O–H groups in total. The third-order valence-electron chi connectivity index (χ3n) is 7.89. The van der Waals surface area contributed by atoms with E-state index >= 15 is 0 Å². The van der Waals surface area contributed by atoms with Crippen molar-refractivity contribution < 1.29 is 32.9 Å². The number of quaternary nitrogens is 1. The fourth-order valence-corrected chi connectivity index (χ4v) is 5.55. The standard InChI is InChI=1S/C41H73N2O6P/c1-6-8-10-12-14-15-16-17-18-19-20-21-22-23-24-25-26-27-29-31-33-35-41(45)42-39(40(44)34-32-30-28-13-11-9-7-2)38-49-50(46,47)48-37-36-43(3,4)5/h8,10-11,13-15,17-18,20-21,32,34,39-40,44H,6-7,9,12,16,19,22-31,33,35-38H2,1-5H3,(H-,42,45,46,47)/p+1/b10-8-,13-11+,15-14-,18-17-,21-20-,34-32+. The van der Waals surface area contributed by atoms with Gasteiger partial charge in [-0.3, -0.25) is 13.8 Å². The molecule has 0 radical (unpaired) electrons. The van der Waals surface area contributed by atoms with Crippen LogP contribution >= 0.6 is 7.82 Å². The molecule has 0 aliphatic heterocycles. The highest BCUT2D eigenvalue weighted by Gasteiger charge is 2.27. The Morgan fingerprint density at radius 1 is 0.700 bits per heavy atom. The number of nitrogens with zero attached hydrogens (tertiary/aromatic N) is 1. The van der Waals surface area contributed by atoms with E-state index in [1.165, 1.54) is 32.1 Å². The zero-order valence-electron chi connectivity index (χ0n) is 32.4. The molecule has 0 bridgehead atoms. The second-order valence-electron chi connectivity index (χ2n) is 13.9. The molecule has 0 aromatic carbocycles. The average Bonchev–Trinajstić information content (AvgIpc) is 3.06. The summed E-state index contributed by atoms with van der Waals surface area (Å²) in [5.74, 6) is -0.205. The molecule has 0 fully saturated rings. The SMILES string of the molecule is CC/C=C\C/C=C\C/C=C\C/C=C\CCCCCCCCCCC(=O)NC(COP(=O)(O)OCC[N+](C)(C)C)C(O)/C=C/CC/C=C/CCC. The summed E-state index contributed by atoms with van der Waals surface area (Å²) in [5.41, 5.74) is 0. The lowest BCUT2D eigenvalue weighted by molar-refractivity contribution is -0.870. The highest BCUT2D eigenvalue weighted by Crippen LogP contribution is 2.43. The second kappa shape index (κ2) is 32.8. The van der Waals surface area contributed by atoms with Gasteiger partial charge in [-0.2, -0.15) is 0 Å². The number of phosphoric ester groups is 1. The number of likely N-dealkylation sites (N-methyl/N-ethyl adjacent to an activating group) is 1. The van der Waals surface area contributed by atoms with Gasteiger partial charge in [0.1, 0.15) is 13.2 Å². The smallest absolute Gasteiger partial charge is 0.387 e. The first-order chi connectivity index (χ1) is 24.0. The van der Waals surface area contributed by atoms with E-state index in [0.717, 1.165) is 77.0 Å². The zero-order chi connectivity index (χ0) is 37.2. The molecule has 288 valence electrons. The number of unbranched alkanes of at least 4 members (excludes halogenated alkanes) is 10. The first-order valence-electron chi connectivity index (χ1n) is 19.3. The molecule has 9 heteroatoms. The molecule has 50 heavy (non-hydrogen) atoms. The van der Waals surface area contributed by atoms with Crippen LogP contribution in [-0.4, -0.2) is 73.4 Å². The Balaban J connectivity index is 4.33. The fraction of sp³-hybridized carbons (Fsp3) is 0.683. The van der Waals surface area contributed by atoms with Crippen molar-refractivity contribution in [2.75, 3.05) is 40.9 Å². The number of nitrogens with one attached hydrogen (secondary N) is 1. The normalized spacial score (nSPS) is 15.4. The number of rotatable bonds is 33. The van der Waals surface area contributed by atoms with Crippen LogP contribution in [0.15, 0.2) is 72.9 Å². The van der Waals surface area contributed by atoms with Crippen molar-refractivity contribution in [3.05, 3.63) is 72.9 Å². The third kappa shape index (κ3) is 34.4. The molecule has 1 amide bonds. The number of amides is 1. The van der Waals surface area contributed by atoms with E-state index in [0.29, 0.717) is 17.4 Å². The molecule has 0 aliphatic rings. The Hall–Kier alpha value is -2.06. The predicted molar refractivity (Wildman–Crippen MR) is 212 cm³/mol. The number of aliphatic hydroxyl groups is 1. The van der Waals surface area contributed by atoms with Crippen LogP contribution in [0, 0.1) is 0 Å². The monoisotopic (exact) mass is 722 g/mol. The van der Waals surface area contributed by atoms with Crippen LogP contribution in [0.4, 0.5) is 0 Å². The summed E-state index contributed by atoms with van der Waals surface area (Å²) in [6, 6.07) is -0.867. The quantitative estimate of drug-likeness (QED) is 0.0270. The molecule has 0 aromatic rings. The molecule has 0 rings (SSSR count). The Morgan fingerprint density at radius 3 is 1.82 bits per heavy atom. The largest absolute Gasteiger partial charge is 0.472 e. The van der Waals surface area contributed by atoms with Crippen molar-refractivity contribution >= 4 is 13.7 Å². The van der Waals surface area contributed by atoms with Crippen molar-refractivity contribution in [1.29, 1.82) is 0 Å². The van der Waals surface area contributed by atoms with Crippen LogP contribution in [-0.2, 0) is 18.4 Å². The number of hydrogen-bond donors (Lipinski definition) is 3. The van der Waals surface area contributed by atoms with Gasteiger partial charge in [-0.15, -0.1) is 0 Å². The second-order valence-corrected chi connectivity index (χ2v) is 15.4. The van der Waals surface area contributed by atoms with E-state index in [2.05, 4.69) is 79.9 Å². The molecule has 3 atom stereocenters. The molecular formula is C41H74N2O6P+. The highest BCUT2D eigenvalue weighted by atomic mass is 31.2. The lowest BCUT2D eigenvalue weighted by Gasteiger charge is -2.25. The van der Waals surface area contributed by atoms with Crippen LogP contribution in [0.25, 0.3) is 0 Å². The minimum atomic E-state index is -4.34. The fourth-order valence-electron chi connectivity index (χ4n) is 4.82. The number of allylic oxidation sites excluding steroid dienone is 11. The van der Waals surface area contributed by atoms with Gasteiger partial charge in [0.15, 0.2) is 0 Å². The molecule has 3 unspecified atom stereocenters. The zero-order valence-corrected chi connectivity index (χ0v) is 33.2. The summed E-state index contributed by atoms with van der Waals surface area (Å²) in [4.78, 5) is 22.9. The Bertz CT molecular complexity index is 1040. The molecule has 0 spiro atoms. The topological polar surface area (TPSA) is 105 Å². The molecular weight excluding hydrogens is 647 g/mol. The summed E-state index contributed by atoms with van der Waals surface area (Å²) < 4.78 is 23.3. The van der Waals surface area contributed by atoms with E-state index in [9.17, 15) is 19.4 Å².